The summed E-state index contributed by atoms with van der Waals surface area (Å²) in [4.78, 5) is 0. The quantitative estimate of drug-likeness (QED) is 0.644. The maximum absolute atomic E-state index is 13.8. The predicted molar refractivity (Wildman–Crippen MR) is 63.5 cm³/mol. The van der Waals surface area contributed by atoms with Gasteiger partial charge in [0.05, 0.1) is 12.2 Å². The van der Waals surface area contributed by atoms with Crippen LogP contribution in [0.3, 0.4) is 0 Å². The summed E-state index contributed by atoms with van der Waals surface area (Å²) in [5.74, 6) is 3.66. The summed E-state index contributed by atoms with van der Waals surface area (Å²) in [6.07, 6.45) is 1.59. The number of aryl methyl sites for hydroxylation is 1. The molecule has 0 saturated heterocycles. The van der Waals surface area contributed by atoms with Crippen LogP contribution in [0.5, 0.6) is 0 Å². The molecule has 3 N–H and O–H groups in total. The second kappa shape index (κ2) is 4.83. The van der Waals surface area contributed by atoms with Crippen LogP contribution in [-0.4, -0.2) is 9.78 Å². The summed E-state index contributed by atoms with van der Waals surface area (Å²) in [6.45, 7) is 1.84. The second-order valence-electron chi connectivity index (χ2n) is 4.05. The third-order valence-electron chi connectivity index (χ3n) is 3.04. The topological polar surface area (TPSA) is 55.9 Å². The molecule has 0 aliphatic heterocycles. The maximum Gasteiger partial charge on any atom is 0.163 e. The van der Waals surface area contributed by atoms with E-state index in [0.717, 1.165) is 11.8 Å². The van der Waals surface area contributed by atoms with Gasteiger partial charge in [0.2, 0.25) is 0 Å². The van der Waals surface area contributed by atoms with Gasteiger partial charge in [0.25, 0.3) is 0 Å². The van der Waals surface area contributed by atoms with Gasteiger partial charge in [-0.1, -0.05) is 12.1 Å². The SMILES string of the molecule is Cc1c(C(NN)c2cccc(F)c2F)cnn1C. The zero-order valence-corrected chi connectivity index (χ0v) is 10.1. The van der Waals surface area contributed by atoms with Crippen LogP contribution in [0.15, 0.2) is 24.4 Å². The molecule has 18 heavy (non-hydrogen) atoms. The summed E-state index contributed by atoms with van der Waals surface area (Å²) in [7, 11) is 1.77. The van der Waals surface area contributed by atoms with E-state index < -0.39 is 17.7 Å². The van der Waals surface area contributed by atoms with Gasteiger partial charge in [-0.05, 0) is 13.0 Å². The zero-order chi connectivity index (χ0) is 13.3. The standard InChI is InChI=1S/C12H14F2N4/c1-7-9(6-16-18(7)2)12(17-15)8-4-3-5-10(13)11(8)14/h3-6,12,17H,15H2,1-2H3. The summed E-state index contributed by atoms with van der Waals surface area (Å²) in [6, 6.07) is 3.39. The van der Waals surface area contributed by atoms with Crippen molar-refractivity contribution in [2.45, 2.75) is 13.0 Å². The van der Waals surface area contributed by atoms with Crippen LogP contribution in [0.4, 0.5) is 8.78 Å². The first kappa shape index (κ1) is 12.7. The molecule has 0 amide bonds. The first-order valence-corrected chi connectivity index (χ1v) is 5.44. The maximum atomic E-state index is 13.8. The Morgan fingerprint density at radius 3 is 2.61 bits per heavy atom. The van der Waals surface area contributed by atoms with Gasteiger partial charge in [-0.3, -0.25) is 10.5 Å². The van der Waals surface area contributed by atoms with Gasteiger partial charge in [-0.25, -0.2) is 14.2 Å². The van der Waals surface area contributed by atoms with Gasteiger partial charge in [0.1, 0.15) is 0 Å². The lowest BCUT2D eigenvalue weighted by Gasteiger charge is -2.17. The van der Waals surface area contributed by atoms with E-state index in [1.807, 2.05) is 6.92 Å². The van der Waals surface area contributed by atoms with Crippen molar-refractivity contribution in [2.75, 3.05) is 0 Å². The highest BCUT2D eigenvalue weighted by atomic mass is 19.2. The van der Waals surface area contributed by atoms with Crippen LogP contribution in [-0.2, 0) is 7.05 Å². The highest BCUT2D eigenvalue weighted by Gasteiger charge is 2.22. The average molecular weight is 252 g/mol. The molecular formula is C12H14F2N4. The van der Waals surface area contributed by atoms with Crippen molar-refractivity contribution in [1.82, 2.24) is 15.2 Å². The Morgan fingerprint density at radius 1 is 1.33 bits per heavy atom. The molecule has 0 radical (unpaired) electrons. The molecule has 1 aromatic carbocycles. The highest BCUT2D eigenvalue weighted by Crippen LogP contribution is 2.26. The zero-order valence-electron chi connectivity index (χ0n) is 10.1. The number of nitrogens with zero attached hydrogens (tertiary/aromatic N) is 2. The Bertz CT molecular complexity index is 565. The van der Waals surface area contributed by atoms with Gasteiger partial charge in [0.15, 0.2) is 11.6 Å². The van der Waals surface area contributed by atoms with Crippen molar-refractivity contribution in [3.05, 3.63) is 52.9 Å². The lowest BCUT2D eigenvalue weighted by molar-refractivity contribution is 0.482. The minimum Gasteiger partial charge on any atom is -0.273 e. The Morgan fingerprint density at radius 2 is 2.06 bits per heavy atom. The van der Waals surface area contributed by atoms with E-state index >= 15 is 0 Å². The Labute approximate surface area is 103 Å². The lowest BCUT2D eigenvalue weighted by Crippen LogP contribution is -2.30. The molecule has 0 fully saturated rings. The smallest absolute Gasteiger partial charge is 0.163 e. The molecule has 6 heteroatoms. The molecule has 1 heterocycles. The summed E-state index contributed by atoms with van der Waals surface area (Å²) < 4.78 is 28.6. The van der Waals surface area contributed by atoms with E-state index in [1.165, 1.54) is 12.1 Å². The van der Waals surface area contributed by atoms with Crippen molar-refractivity contribution in [3.8, 4) is 0 Å². The first-order chi connectivity index (χ1) is 8.56. The normalized spacial score (nSPS) is 12.7. The molecule has 1 atom stereocenters. The van der Waals surface area contributed by atoms with Crippen molar-refractivity contribution < 1.29 is 8.78 Å². The number of hydrazine groups is 1. The highest BCUT2D eigenvalue weighted by molar-refractivity contribution is 5.34. The molecule has 0 saturated carbocycles. The molecule has 2 aromatic rings. The van der Waals surface area contributed by atoms with E-state index in [-0.39, 0.29) is 5.56 Å². The van der Waals surface area contributed by atoms with Gasteiger partial charge < -0.3 is 0 Å². The van der Waals surface area contributed by atoms with Crippen LogP contribution in [0.1, 0.15) is 22.9 Å². The van der Waals surface area contributed by atoms with E-state index in [1.54, 1.807) is 17.9 Å². The van der Waals surface area contributed by atoms with Crippen LogP contribution >= 0.6 is 0 Å². The fourth-order valence-corrected chi connectivity index (χ4v) is 1.89. The fraction of sp³-hybridized carbons (Fsp3) is 0.250. The summed E-state index contributed by atoms with van der Waals surface area (Å²) in [5, 5.41) is 4.07. The van der Waals surface area contributed by atoms with Gasteiger partial charge >= 0.3 is 0 Å². The van der Waals surface area contributed by atoms with Crippen molar-refractivity contribution in [2.24, 2.45) is 12.9 Å². The molecule has 0 spiro atoms. The molecule has 4 nitrogen and oxygen atoms in total. The summed E-state index contributed by atoms with van der Waals surface area (Å²) in [5.41, 5.74) is 4.20. The van der Waals surface area contributed by atoms with Crippen molar-refractivity contribution >= 4 is 0 Å². The van der Waals surface area contributed by atoms with E-state index in [2.05, 4.69) is 10.5 Å². The number of benzene rings is 1. The fourth-order valence-electron chi connectivity index (χ4n) is 1.89. The number of hydrogen-bond acceptors (Lipinski definition) is 3. The number of halogens is 2. The average Bonchev–Trinajstić information content (AvgIpc) is 2.68. The Kier molecular flexibility index (Phi) is 3.40. The first-order valence-electron chi connectivity index (χ1n) is 5.44. The Hall–Kier alpha value is -1.79. The monoisotopic (exact) mass is 252 g/mol. The number of hydrogen-bond donors (Lipinski definition) is 2. The second-order valence-corrected chi connectivity index (χ2v) is 4.05. The lowest BCUT2D eigenvalue weighted by atomic mass is 9.99. The molecule has 1 unspecified atom stereocenters. The van der Waals surface area contributed by atoms with Gasteiger partial charge in [-0.2, -0.15) is 5.10 Å². The van der Waals surface area contributed by atoms with Crippen LogP contribution in [0, 0.1) is 18.6 Å². The molecule has 0 aliphatic carbocycles. The minimum atomic E-state index is -0.899. The third-order valence-corrected chi connectivity index (χ3v) is 3.04. The largest absolute Gasteiger partial charge is 0.273 e. The van der Waals surface area contributed by atoms with Gasteiger partial charge in [-0.15, -0.1) is 0 Å². The molecule has 0 bridgehead atoms. The van der Waals surface area contributed by atoms with E-state index in [9.17, 15) is 8.78 Å². The number of nitrogens with one attached hydrogen (secondary N) is 1. The van der Waals surface area contributed by atoms with Crippen LogP contribution in [0.2, 0.25) is 0 Å². The van der Waals surface area contributed by atoms with E-state index in [4.69, 9.17) is 5.84 Å². The molecule has 0 aliphatic rings. The third kappa shape index (κ3) is 2.00. The minimum absolute atomic E-state index is 0.161. The van der Waals surface area contributed by atoms with Crippen LogP contribution < -0.4 is 11.3 Å². The molecule has 1 aromatic heterocycles. The van der Waals surface area contributed by atoms with E-state index in [0.29, 0.717) is 5.56 Å². The Balaban J connectivity index is 2.52. The molecule has 96 valence electrons. The van der Waals surface area contributed by atoms with Crippen molar-refractivity contribution in [3.63, 3.8) is 0 Å². The number of nitrogens with two attached hydrogens (primary N) is 1. The predicted octanol–water partition coefficient (Wildman–Crippen LogP) is 1.56. The molecule has 2 rings (SSSR count). The number of rotatable bonds is 3. The van der Waals surface area contributed by atoms with Crippen LogP contribution in [0.25, 0.3) is 0 Å². The van der Waals surface area contributed by atoms with Crippen molar-refractivity contribution in [1.29, 1.82) is 0 Å². The van der Waals surface area contributed by atoms with Gasteiger partial charge in [0, 0.05) is 23.9 Å². The molecular weight excluding hydrogens is 238 g/mol. The summed E-state index contributed by atoms with van der Waals surface area (Å²) >= 11 is 0. The number of aromatic nitrogens is 2.